The maximum atomic E-state index is 11.0. The number of anilines is 1. The van der Waals surface area contributed by atoms with Crippen molar-refractivity contribution in [1.29, 1.82) is 0 Å². The van der Waals surface area contributed by atoms with Crippen molar-refractivity contribution < 1.29 is 13.2 Å². The van der Waals surface area contributed by atoms with Crippen LogP contribution in [0, 0.1) is 0 Å². The number of amides is 1. The molecule has 0 aliphatic carbocycles. The van der Waals surface area contributed by atoms with Crippen molar-refractivity contribution in [2.75, 3.05) is 5.32 Å². The molecule has 1 amide bonds. The Hall–Kier alpha value is -0.780. The zero-order valence-electron chi connectivity index (χ0n) is 7.62. The molecule has 1 aromatic rings. The molecule has 0 aliphatic heterocycles. The first-order valence-electron chi connectivity index (χ1n) is 3.82. The third-order valence-electron chi connectivity index (χ3n) is 1.51. The first-order valence-corrected chi connectivity index (χ1v) is 6.51. The molecule has 0 saturated carbocycles. The second-order valence-electron chi connectivity index (χ2n) is 2.76. The monoisotopic (exact) mass is 267 g/mol. The molecule has 0 radical (unpaired) electrons. The van der Waals surface area contributed by atoms with Crippen LogP contribution in [0.15, 0.2) is 23.1 Å². The van der Waals surface area contributed by atoms with Gasteiger partial charge in [0.25, 0.3) is 9.05 Å². The molecule has 0 fully saturated rings. The Morgan fingerprint density at radius 3 is 2.40 bits per heavy atom. The molecule has 1 N–H and O–H groups in total. The highest BCUT2D eigenvalue weighted by atomic mass is 35.7. The molecular weight excluding hydrogens is 261 g/mol. The van der Waals surface area contributed by atoms with Gasteiger partial charge in [-0.15, -0.1) is 0 Å². The van der Waals surface area contributed by atoms with Crippen LogP contribution in [-0.4, -0.2) is 14.3 Å². The SMILES string of the molecule is CC(=O)Nc1ccc(S(=O)(=O)Cl)c(Cl)c1. The number of carbonyl (C=O) groups excluding carboxylic acids is 1. The standard InChI is InChI=1S/C8H7Cl2NO3S/c1-5(12)11-6-2-3-8(7(9)4-6)15(10,13)14/h2-4H,1H3,(H,11,12). The predicted octanol–water partition coefficient (Wildman–Crippen LogP) is 2.23. The third-order valence-corrected chi connectivity index (χ3v) is 3.32. The van der Waals surface area contributed by atoms with Crippen LogP contribution in [0.25, 0.3) is 0 Å². The quantitative estimate of drug-likeness (QED) is 0.836. The van der Waals surface area contributed by atoms with Gasteiger partial charge in [-0.25, -0.2) is 8.42 Å². The van der Waals surface area contributed by atoms with Gasteiger partial charge in [-0.1, -0.05) is 11.6 Å². The number of carbonyl (C=O) groups is 1. The Kier molecular flexibility index (Phi) is 3.59. The Balaban J connectivity index is 3.15. The highest BCUT2D eigenvalue weighted by Gasteiger charge is 2.14. The fourth-order valence-electron chi connectivity index (χ4n) is 0.980. The van der Waals surface area contributed by atoms with E-state index >= 15 is 0 Å². The summed E-state index contributed by atoms with van der Waals surface area (Å²) in [5.41, 5.74) is 0.413. The summed E-state index contributed by atoms with van der Waals surface area (Å²) in [5, 5.41) is 2.43. The second kappa shape index (κ2) is 4.38. The van der Waals surface area contributed by atoms with Crippen LogP contribution in [-0.2, 0) is 13.8 Å². The Morgan fingerprint density at radius 1 is 1.40 bits per heavy atom. The number of hydrogen-bond donors (Lipinski definition) is 1. The van der Waals surface area contributed by atoms with Gasteiger partial charge in [0.15, 0.2) is 0 Å². The number of hydrogen-bond acceptors (Lipinski definition) is 3. The van der Waals surface area contributed by atoms with Gasteiger partial charge >= 0.3 is 0 Å². The van der Waals surface area contributed by atoms with Gasteiger partial charge in [-0.2, -0.15) is 0 Å². The van der Waals surface area contributed by atoms with Crippen LogP contribution < -0.4 is 5.32 Å². The summed E-state index contributed by atoms with van der Waals surface area (Å²) in [7, 11) is 1.27. The molecule has 0 saturated heterocycles. The van der Waals surface area contributed by atoms with Gasteiger partial charge < -0.3 is 5.32 Å². The minimum atomic E-state index is -3.85. The molecule has 1 aromatic carbocycles. The van der Waals surface area contributed by atoms with E-state index in [-0.39, 0.29) is 15.8 Å². The van der Waals surface area contributed by atoms with Gasteiger partial charge in [-0.3, -0.25) is 4.79 Å². The summed E-state index contributed by atoms with van der Waals surface area (Å²) < 4.78 is 22.0. The Labute approximate surface area is 96.6 Å². The molecule has 1 rings (SSSR count). The van der Waals surface area contributed by atoms with Crippen molar-refractivity contribution >= 4 is 42.9 Å². The lowest BCUT2D eigenvalue weighted by molar-refractivity contribution is -0.114. The topological polar surface area (TPSA) is 63.2 Å². The fourth-order valence-corrected chi connectivity index (χ4v) is 2.51. The summed E-state index contributed by atoms with van der Waals surface area (Å²) in [6.07, 6.45) is 0. The third kappa shape index (κ3) is 3.37. The van der Waals surface area contributed by atoms with E-state index in [9.17, 15) is 13.2 Å². The van der Waals surface area contributed by atoms with Crippen LogP contribution >= 0.6 is 22.3 Å². The molecule has 15 heavy (non-hydrogen) atoms. The van der Waals surface area contributed by atoms with Gasteiger partial charge in [0, 0.05) is 23.3 Å². The molecule has 0 heterocycles. The number of benzene rings is 1. The summed E-state index contributed by atoms with van der Waals surface area (Å²) in [6, 6.07) is 3.96. The van der Waals surface area contributed by atoms with E-state index in [1.807, 2.05) is 0 Å². The lowest BCUT2D eigenvalue weighted by Crippen LogP contribution is -2.06. The molecule has 0 atom stereocenters. The van der Waals surface area contributed by atoms with Crippen molar-refractivity contribution in [2.24, 2.45) is 0 Å². The molecule has 0 spiro atoms. The van der Waals surface area contributed by atoms with Crippen molar-refractivity contribution in [3.63, 3.8) is 0 Å². The molecule has 0 bridgehead atoms. The van der Waals surface area contributed by atoms with Crippen LogP contribution in [0.5, 0.6) is 0 Å². The minimum Gasteiger partial charge on any atom is -0.326 e. The Bertz CT molecular complexity index is 499. The summed E-state index contributed by atoms with van der Waals surface area (Å²) in [4.78, 5) is 10.5. The lowest BCUT2D eigenvalue weighted by atomic mass is 10.3. The first-order chi connectivity index (χ1) is 6.80. The van der Waals surface area contributed by atoms with E-state index in [0.717, 1.165) is 0 Å². The van der Waals surface area contributed by atoms with Gasteiger partial charge in [0.1, 0.15) is 4.90 Å². The van der Waals surface area contributed by atoms with Gasteiger partial charge in [-0.05, 0) is 18.2 Å². The summed E-state index contributed by atoms with van der Waals surface area (Å²) in [6.45, 7) is 1.33. The van der Waals surface area contributed by atoms with Crippen molar-refractivity contribution in [3.8, 4) is 0 Å². The maximum absolute atomic E-state index is 11.0. The maximum Gasteiger partial charge on any atom is 0.262 e. The van der Waals surface area contributed by atoms with Crippen LogP contribution in [0.1, 0.15) is 6.92 Å². The van der Waals surface area contributed by atoms with Crippen LogP contribution in [0.2, 0.25) is 5.02 Å². The zero-order valence-corrected chi connectivity index (χ0v) is 9.95. The van der Waals surface area contributed by atoms with E-state index in [2.05, 4.69) is 5.32 Å². The average molecular weight is 268 g/mol. The molecule has 7 heteroatoms. The fraction of sp³-hybridized carbons (Fsp3) is 0.125. The minimum absolute atomic E-state index is 0.0312. The van der Waals surface area contributed by atoms with E-state index < -0.39 is 9.05 Å². The number of halogens is 2. The molecular formula is C8H7Cl2NO3S. The predicted molar refractivity (Wildman–Crippen MR) is 58.8 cm³/mol. The van der Waals surface area contributed by atoms with Crippen LogP contribution in [0.3, 0.4) is 0 Å². The molecule has 82 valence electrons. The lowest BCUT2D eigenvalue weighted by Gasteiger charge is -2.04. The van der Waals surface area contributed by atoms with Gasteiger partial charge in [0.05, 0.1) is 5.02 Å². The molecule has 0 unspecified atom stereocenters. The number of nitrogens with one attached hydrogen (secondary N) is 1. The summed E-state index contributed by atoms with van der Waals surface area (Å²) in [5.74, 6) is -0.271. The van der Waals surface area contributed by atoms with Crippen molar-refractivity contribution in [3.05, 3.63) is 23.2 Å². The van der Waals surface area contributed by atoms with E-state index in [1.165, 1.54) is 25.1 Å². The molecule has 0 aromatic heterocycles. The zero-order chi connectivity index (χ0) is 11.6. The highest BCUT2D eigenvalue weighted by Crippen LogP contribution is 2.27. The number of rotatable bonds is 2. The van der Waals surface area contributed by atoms with E-state index in [1.54, 1.807) is 0 Å². The van der Waals surface area contributed by atoms with Gasteiger partial charge in [0.2, 0.25) is 5.91 Å². The molecule has 4 nitrogen and oxygen atoms in total. The van der Waals surface area contributed by atoms with Crippen molar-refractivity contribution in [2.45, 2.75) is 11.8 Å². The van der Waals surface area contributed by atoms with E-state index in [0.29, 0.717) is 5.69 Å². The normalized spacial score (nSPS) is 11.1. The molecule has 0 aliphatic rings. The largest absolute Gasteiger partial charge is 0.326 e. The average Bonchev–Trinajstić information content (AvgIpc) is 1.99. The highest BCUT2D eigenvalue weighted by molar-refractivity contribution is 8.13. The Morgan fingerprint density at radius 2 is 2.00 bits per heavy atom. The second-order valence-corrected chi connectivity index (χ2v) is 5.71. The van der Waals surface area contributed by atoms with E-state index in [4.69, 9.17) is 22.3 Å². The van der Waals surface area contributed by atoms with Crippen molar-refractivity contribution in [1.82, 2.24) is 0 Å². The first kappa shape index (κ1) is 12.3. The summed E-state index contributed by atoms with van der Waals surface area (Å²) >= 11 is 5.68. The smallest absolute Gasteiger partial charge is 0.262 e. The van der Waals surface area contributed by atoms with Crippen LogP contribution in [0.4, 0.5) is 5.69 Å².